The topological polar surface area (TPSA) is 130 Å². The Morgan fingerprint density at radius 2 is 1.94 bits per heavy atom. The van der Waals surface area contributed by atoms with Gasteiger partial charge in [-0.05, 0) is 31.9 Å². The van der Waals surface area contributed by atoms with Gasteiger partial charge in [-0.25, -0.2) is 4.98 Å². The number of ether oxygens (including phenoxy) is 1. The first kappa shape index (κ1) is 28.7. The van der Waals surface area contributed by atoms with Gasteiger partial charge in [-0.1, -0.05) is 51.5 Å². The van der Waals surface area contributed by atoms with Crippen molar-refractivity contribution < 1.29 is 34.1 Å². The molecule has 0 saturated heterocycles. The van der Waals surface area contributed by atoms with E-state index < -0.39 is 35.6 Å². The van der Waals surface area contributed by atoms with Crippen molar-refractivity contribution in [2.24, 2.45) is 17.3 Å². The molecule has 1 aromatic rings. The Balaban J connectivity index is 2.37. The molecule has 0 spiro atoms. The number of rotatable bonds is 3. The third-order valence-corrected chi connectivity index (χ3v) is 6.71. The van der Waals surface area contributed by atoms with Gasteiger partial charge in [-0.2, -0.15) is 0 Å². The lowest BCUT2D eigenvalue weighted by Crippen LogP contribution is -2.45. The van der Waals surface area contributed by atoms with Crippen LogP contribution >= 0.6 is 0 Å². The third kappa shape index (κ3) is 7.72. The molecule has 1 aromatic heterocycles. The van der Waals surface area contributed by atoms with E-state index in [2.05, 4.69) is 4.98 Å². The van der Waals surface area contributed by atoms with Crippen molar-refractivity contribution in [2.45, 2.75) is 85.7 Å². The lowest BCUT2D eigenvalue weighted by molar-refractivity contribution is -0.154. The molecule has 0 unspecified atom stereocenters. The molecule has 35 heavy (non-hydrogen) atoms. The van der Waals surface area contributed by atoms with Gasteiger partial charge in [-0.15, -0.1) is 0 Å². The second-order valence-corrected chi connectivity index (χ2v) is 10.1. The quantitative estimate of drug-likeness (QED) is 0.432. The molecule has 8 nitrogen and oxygen atoms in total. The van der Waals surface area contributed by atoms with Gasteiger partial charge in [0, 0.05) is 18.3 Å². The number of ketones is 1. The summed E-state index contributed by atoms with van der Waals surface area (Å²) in [5, 5.41) is 30.7. The lowest BCUT2D eigenvalue weighted by Gasteiger charge is -2.34. The van der Waals surface area contributed by atoms with Gasteiger partial charge in [0.1, 0.15) is 30.5 Å². The number of carbonyl (C=O) groups is 2. The number of aliphatic hydroxyl groups is 3. The van der Waals surface area contributed by atoms with E-state index in [1.807, 2.05) is 32.1 Å². The van der Waals surface area contributed by atoms with Crippen molar-refractivity contribution in [3.8, 4) is 0 Å². The molecule has 1 aliphatic heterocycles. The van der Waals surface area contributed by atoms with Crippen molar-refractivity contribution in [3.63, 3.8) is 0 Å². The van der Waals surface area contributed by atoms with Crippen LogP contribution in [-0.4, -0.2) is 50.4 Å². The number of cyclic esters (lactones) is 1. The van der Waals surface area contributed by atoms with E-state index in [1.54, 1.807) is 33.8 Å². The minimum Gasteiger partial charge on any atom is -0.457 e. The Bertz CT molecular complexity index is 972. The summed E-state index contributed by atoms with van der Waals surface area (Å²) in [6.45, 7) is 10.1. The van der Waals surface area contributed by atoms with Crippen molar-refractivity contribution in [1.29, 1.82) is 0 Å². The van der Waals surface area contributed by atoms with Gasteiger partial charge in [-0.3, -0.25) is 9.59 Å². The second kappa shape index (κ2) is 12.4. The normalized spacial score (nSPS) is 29.6. The summed E-state index contributed by atoms with van der Waals surface area (Å²) in [6.07, 6.45) is 6.87. The first-order valence-electron chi connectivity index (χ1n) is 12.0. The van der Waals surface area contributed by atoms with Crippen LogP contribution in [0.4, 0.5) is 0 Å². The minimum atomic E-state index is -1.28. The summed E-state index contributed by atoms with van der Waals surface area (Å²) in [6, 6.07) is 0. The predicted molar refractivity (Wildman–Crippen MR) is 132 cm³/mol. The average Bonchev–Trinajstić information content (AvgIpc) is 3.26. The zero-order valence-corrected chi connectivity index (χ0v) is 21.5. The summed E-state index contributed by atoms with van der Waals surface area (Å²) in [5.74, 6) is -1.73. The highest BCUT2D eigenvalue weighted by Gasteiger charge is 2.42. The smallest absolute Gasteiger partial charge is 0.309 e. The molecular weight excluding hydrogens is 450 g/mol. The Morgan fingerprint density at radius 3 is 2.57 bits per heavy atom. The molecule has 0 aromatic carbocycles. The van der Waals surface area contributed by atoms with Crippen molar-refractivity contribution in [2.75, 3.05) is 0 Å². The highest BCUT2D eigenvalue weighted by Crippen LogP contribution is 2.31. The molecular formula is C27H39NO7. The monoisotopic (exact) mass is 489 g/mol. The summed E-state index contributed by atoms with van der Waals surface area (Å²) >= 11 is 0. The fraction of sp³-hybridized carbons (Fsp3) is 0.593. The van der Waals surface area contributed by atoms with Crippen molar-refractivity contribution >= 4 is 17.8 Å². The van der Waals surface area contributed by atoms with Crippen LogP contribution in [0.3, 0.4) is 0 Å². The zero-order chi connectivity index (χ0) is 26.3. The van der Waals surface area contributed by atoms with E-state index in [-0.39, 0.29) is 30.6 Å². The summed E-state index contributed by atoms with van der Waals surface area (Å²) in [4.78, 5) is 30.1. The van der Waals surface area contributed by atoms with Crippen LogP contribution in [0.25, 0.3) is 6.08 Å². The maximum absolute atomic E-state index is 13.1. The molecule has 0 radical (unpaired) electrons. The molecule has 0 saturated carbocycles. The van der Waals surface area contributed by atoms with E-state index in [1.165, 1.54) is 6.26 Å². The zero-order valence-electron chi connectivity index (χ0n) is 21.5. The number of aromatic nitrogens is 1. The Morgan fingerprint density at radius 1 is 1.26 bits per heavy atom. The van der Waals surface area contributed by atoms with Crippen molar-refractivity contribution in [1.82, 2.24) is 4.98 Å². The summed E-state index contributed by atoms with van der Waals surface area (Å²) in [5.41, 5.74) is 1.01. The number of hydrogen-bond donors (Lipinski definition) is 3. The van der Waals surface area contributed by atoms with Gasteiger partial charge in [0.2, 0.25) is 5.89 Å². The third-order valence-electron chi connectivity index (χ3n) is 6.71. The van der Waals surface area contributed by atoms with E-state index in [9.17, 15) is 19.8 Å². The lowest BCUT2D eigenvalue weighted by atomic mass is 9.73. The summed E-state index contributed by atoms with van der Waals surface area (Å²) < 4.78 is 10.9. The van der Waals surface area contributed by atoms with Gasteiger partial charge in [0.05, 0.1) is 24.0 Å². The van der Waals surface area contributed by atoms with Crippen LogP contribution < -0.4 is 0 Å². The number of hydrogen-bond acceptors (Lipinski definition) is 8. The number of carbonyl (C=O) groups excluding carboxylic acids is 2. The van der Waals surface area contributed by atoms with E-state index in [0.717, 1.165) is 5.57 Å². The number of oxazole rings is 1. The first-order chi connectivity index (χ1) is 16.4. The highest BCUT2D eigenvalue weighted by atomic mass is 16.5. The Kier molecular flexibility index (Phi) is 10.2. The summed E-state index contributed by atoms with van der Waals surface area (Å²) in [7, 11) is 0. The number of Topliss-reactive ketones (excluding diaryl/α,β-unsaturated/α-hetero) is 1. The molecule has 0 fully saturated rings. The molecule has 5 atom stereocenters. The Hall–Kier alpha value is -2.55. The second-order valence-electron chi connectivity index (χ2n) is 10.1. The fourth-order valence-corrected chi connectivity index (χ4v) is 4.07. The van der Waals surface area contributed by atoms with Gasteiger partial charge in [0.15, 0.2) is 0 Å². The number of esters is 1. The van der Waals surface area contributed by atoms with Crippen LogP contribution in [0.5, 0.6) is 0 Å². The molecule has 2 rings (SSSR count). The minimum absolute atomic E-state index is 0.185. The number of allylic oxidation sites excluding steroid dienone is 2. The largest absolute Gasteiger partial charge is 0.457 e. The van der Waals surface area contributed by atoms with Crippen LogP contribution in [0.15, 0.2) is 40.1 Å². The molecule has 0 amide bonds. The molecule has 1 aliphatic rings. The number of nitrogens with zero attached hydrogens (tertiary/aromatic N) is 1. The van der Waals surface area contributed by atoms with Crippen LogP contribution in [0.2, 0.25) is 0 Å². The maximum atomic E-state index is 13.1. The average molecular weight is 490 g/mol. The highest BCUT2D eigenvalue weighted by molar-refractivity contribution is 5.88. The first-order valence-corrected chi connectivity index (χ1v) is 12.0. The number of aliphatic hydroxyl groups excluding tert-OH is 3. The maximum Gasteiger partial charge on any atom is 0.309 e. The molecule has 0 aliphatic carbocycles. The molecule has 8 heteroatoms. The van der Waals surface area contributed by atoms with Crippen LogP contribution in [0.1, 0.15) is 72.4 Å². The Labute approximate surface area is 207 Å². The van der Waals surface area contributed by atoms with Gasteiger partial charge < -0.3 is 24.5 Å². The van der Waals surface area contributed by atoms with E-state index >= 15 is 0 Å². The molecule has 2 heterocycles. The standard InChI is InChI=1S/C27H39NO7/c1-16-8-7-9-17(2)25(32)19(4)26(33)27(5,6)22(30)13-24(31)35-21(11-10-16)18(3)12-20-15-34-23(14-29)28-20/h7,9-10,12,15,17,19,21-22,25,29-30,32H,8,11,13-14H2,1-6H3/t17-,19+,21-,22-,25-/m0/s1. The fourth-order valence-electron chi connectivity index (χ4n) is 4.07. The molecule has 194 valence electrons. The van der Waals surface area contributed by atoms with Crippen LogP contribution in [0, 0.1) is 17.3 Å². The van der Waals surface area contributed by atoms with E-state index in [4.69, 9.17) is 14.3 Å². The van der Waals surface area contributed by atoms with Gasteiger partial charge in [0.25, 0.3) is 0 Å². The molecule has 3 N–H and O–H groups in total. The predicted octanol–water partition coefficient (Wildman–Crippen LogP) is 3.76. The SMILES string of the molecule is CC1=CC[C@@H](C(C)=Cc2coc(CO)n2)OC(=O)C[C@H](O)C(C)(C)C(=O)[C@H](C)[C@@H](O)[C@@H](C)C=CC1. The van der Waals surface area contributed by atoms with Gasteiger partial charge >= 0.3 is 5.97 Å². The van der Waals surface area contributed by atoms with Crippen LogP contribution in [-0.2, 0) is 20.9 Å². The molecule has 0 bridgehead atoms. The van der Waals surface area contributed by atoms with Crippen molar-refractivity contribution in [3.05, 3.63) is 47.2 Å². The van der Waals surface area contributed by atoms with E-state index in [0.29, 0.717) is 24.1 Å².